The van der Waals surface area contributed by atoms with E-state index in [1.165, 1.54) is 17.7 Å². The van der Waals surface area contributed by atoms with E-state index in [0.29, 0.717) is 31.3 Å². The molecule has 3 aromatic rings. The lowest BCUT2D eigenvalue weighted by atomic mass is 9.90. The van der Waals surface area contributed by atoms with E-state index in [1.54, 1.807) is 23.9 Å². The minimum atomic E-state index is -1.09. The number of fused-ring (bicyclic) bond motifs is 1. The zero-order valence-corrected chi connectivity index (χ0v) is 23.4. The molecule has 10 heteroatoms. The van der Waals surface area contributed by atoms with Crippen LogP contribution in [0.4, 0.5) is 11.6 Å². The summed E-state index contributed by atoms with van der Waals surface area (Å²) in [7, 11) is -1.09. The molecule has 3 aliphatic rings. The van der Waals surface area contributed by atoms with E-state index in [1.807, 2.05) is 25.1 Å². The highest BCUT2D eigenvalue weighted by Crippen LogP contribution is 2.41. The summed E-state index contributed by atoms with van der Waals surface area (Å²) in [4.78, 5) is 29.1. The number of rotatable bonds is 10. The van der Waals surface area contributed by atoms with Gasteiger partial charge in [0.2, 0.25) is 5.95 Å². The third-order valence-electron chi connectivity index (χ3n) is 7.96. The van der Waals surface area contributed by atoms with Crippen molar-refractivity contribution in [1.82, 2.24) is 20.1 Å². The van der Waals surface area contributed by atoms with E-state index >= 15 is 0 Å². The minimum Gasteiger partial charge on any atom is -0.352 e. The highest BCUT2D eigenvalue weighted by atomic mass is 32.2. The summed E-state index contributed by atoms with van der Waals surface area (Å²) in [6.45, 7) is 2.67. The number of carbonyl (C=O) groups is 2. The first-order chi connectivity index (χ1) is 18.4. The number of thiophene rings is 1. The Morgan fingerprint density at radius 3 is 2.74 bits per heavy atom. The van der Waals surface area contributed by atoms with Gasteiger partial charge >= 0.3 is 0 Å². The van der Waals surface area contributed by atoms with Crippen LogP contribution in [0.2, 0.25) is 0 Å². The predicted molar refractivity (Wildman–Crippen MR) is 149 cm³/mol. The number of aryl methyl sites for hydroxylation is 1. The van der Waals surface area contributed by atoms with Gasteiger partial charge in [-0.2, -0.15) is 0 Å². The topological polar surface area (TPSA) is 106 Å². The number of nitrogens with zero attached hydrogens (tertiary/aromatic N) is 3. The molecule has 0 aliphatic heterocycles. The second-order valence-corrected chi connectivity index (χ2v) is 13.4. The van der Waals surface area contributed by atoms with Crippen molar-refractivity contribution in [2.75, 3.05) is 18.1 Å². The van der Waals surface area contributed by atoms with E-state index in [4.69, 9.17) is 0 Å². The highest BCUT2D eigenvalue weighted by Gasteiger charge is 2.35. The Bertz CT molecular complexity index is 1420. The Labute approximate surface area is 229 Å². The lowest BCUT2D eigenvalue weighted by Gasteiger charge is -2.25. The third kappa shape index (κ3) is 5.20. The van der Waals surface area contributed by atoms with Crippen molar-refractivity contribution < 1.29 is 13.8 Å². The second-order valence-electron chi connectivity index (χ2n) is 10.8. The average molecular weight is 552 g/mol. The van der Waals surface area contributed by atoms with Crippen LogP contribution >= 0.6 is 11.3 Å². The van der Waals surface area contributed by atoms with E-state index in [-0.39, 0.29) is 23.7 Å². The van der Waals surface area contributed by atoms with Gasteiger partial charge in [-0.3, -0.25) is 18.4 Å². The van der Waals surface area contributed by atoms with Crippen molar-refractivity contribution >= 4 is 45.5 Å². The van der Waals surface area contributed by atoms with Crippen LogP contribution in [0, 0.1) is 18.8 Å². The first-order valence-corrected chi connectivity index (χ1v) is 15.8. The SMILES string of the molecule is Cc1c(Nc2nncn2[C@H]2CCc3sc(CC(=O)C4CC4)c(C(=O)NCC4CC4)c3C2)cccc1S(C)=O. The van der Waals surface area contributed by atoms with E-state index < -0.39 is 10.8 Å². The summed E-state index contributed by atoms with van der Waals surface area (Å²) in [6, 6.07) is 5.80. The maximum absolute atomic E-state index is 13.4. The molecule has 0 spiro atoms. The lowest BCUT2D eigenvalue weighted by molar-refractivity contribution is -0.119. The molecule has 2 heterocycles. The molecule has 1 unspecified atom stereocenters. The molecule has 2 atom stereocenters. The van der Waals surface area contributed by atoms with Crippen LogP contribution in [0.25, 0.3) is 0 Å². The van der Waals surface area contributed by atoms with Gasteiger partial charge in [0, 0.05) is 51.5 Å². The summed E-state index contributed by atoms with van der Waals surface area (Å²) in [5.41, 5.74) is 3.59. The molecule has 2 N–H and O–H groups in total. The normalized spacial score (nSPS) is 19.6. The van der Waals surface area contributed by atoms with Crippen LogP contribution in [0.5, 0.6) is 0 Å². The van der Waals surface area contributed by atoms with Gasteiger partial charge in [-0.25, -0.2) is 0 Å². The summed E-state index contributed by atoms with van der Waals surface area (Å²) in [5, 5.41) is 15.1. The van der Waals surface area contributed by atoms with Gasteiger partial charge < -0.3 is 10.6 Å². The number of Topliss-reactive ketones (excluding diaryl/α,β-unsaturated/α-hetero) is 1. The van der Waals surface area contributed by atoms with Gasteiger partial charge in [-0.1, -0.05) is 6.07 Å². The van der Waals surface area contributed by atoms with Gasteiger partial charge in [0.15, 0.2) is 0 Å². The molecule has 1 amide bonds. The molecule has 1 aromatic carbocycles. The minimum absolute atomic E-state index is 0.0317. The second kappa shape index (κ2) is 10.4. The molecule has 2 aromatic heterocycles. The number of ketones is 1. The number of nitrogens with one attached hydrogen (secondary N) is 2. The molecule has 3 aliphatic carbocycles. The first-order valence-electron chi connectivity index (χ1n) is 13.4. The quantitative estimate of drug-likeness (QED) is 0.384. The maximum Gasteiger partial charge on any atom is 0.252 e. The fraction of sp³-hybridized carbons (Fsp3) is 0.500. The molecule has 2 saturated carbocycles. The highest BCUT2D eigenvalue weighted by molar-refractivity contribution is 7.84. The largest absolute Gasteiger partial charge is 0.352 e. The molecule has 6 rings (SSSR count). The monoisotopic (exact) mass is 551 g/mol. The van der Waals surface area contributed by atoms with E-state index in [2.05, 4.69) is 25.4 Å². The molecule has 0 radical (unpaired) electrons. The fourth-order valence-electron chi connectivity index (χ4n) is 5.38. The molecule has 8 nitrogen and oxygen atoms in total. The molecular weight excluding hydrogens is 518 g/mol. The average Bonchev–Trinajstić information content (AvgIpc) is 3.82. The molecule has 2 fully saturated rings. The number of benzene rings is 1. The number of aromatic nitrogens is 3. The standard InChI is InChI=1S/C28H33N5O3S2/c1-16-21(4-3-5-25(16)38(2)36)31-28-32-30-15-33(28)19-10-11-23-20(12-19)26(27(35)29-14-17-6-7-17)24(37-23)13-22(34)18-8-9-18/h3-5,15,17-19H,6-14H2,1-2H3,(H,29,35)(H,31,32)/t19-,38?/m0/s1. The Morgan fingerprint density at radius 2 is 2.00 bits per heavy atom. The van der Waals surface area contributed by atoms with Crippen LogP contribution in [0.3, 0.4) is 0 Å². The van der Waals surface area contributed by atoms with Crippen molar-refractivity contribution in [2.24, 2.45) is 11.8 Å². The van der Waals surface area contributed by atoms with Crippen LogP contribution < -0.4 is 10.6 Å². The summed E-state index contributed by atoms with van der Waals surface area (Å²) >= 11 is 1.66. The molecule has 38 heavy (non-hydrogen) atoms. The van der Waals surface area contributed by atoms with Gasteiger partial charge in [0.05, 0.1) is 16.4 Å². The molecule has 200 valence electrons. The van der Waals surface area contributed by atoms with Gasteiger partial charge in [0.25, 0.3) is 5.91 Å². The van der Waals surface area contributed by atoms with Crippen molar-refractivity contribution in [1.29, 1.82) is 0 Å². The Balaban J connectivity index is 1.27. The molecular formula is C28H33N5O3S2. The van der Waals surface area contributed by atoms with Gasteiger partial charge in [0.1, 0.15) is 12.1 Å². The number of amides is 1. The smallest absolute Gasteiger partial charge is 0.252 e. The van der Waals surface area contributed by atoms with Crippen molar-refractivity contribution in [3.63, 3.8) is 0 Å². The molecule has 0 saturated heterocycles. The maximum atomic E-state index is 13.4. The van der Waals surface area contributed by atoms with E-state index in [0.717, 1.165) is 57.8 Å². The van der Waals surface area contributed by atoms with Crippen molar-refractivity contribution in [3.8, 4) is 0 Å². The number of carbonyl (C=O) groups excluding carboxylic acids is 2. The summed E-state index contributed by atoms with van der Waals surface area (Å²) in [6.07, 6.45) is 10.6. The first kappa shape index (κ1) is 25.4. The Hall–Kier alpha value is -2.85. The van der Waals surface area contributed by atoms with Crippen molar-refractivity contribution in [3.05, 3.63) is 51.0 Å². The van der Waals surface area contributed by atoms with E-state index in [9.17, 15) is 13.8 Å². The van der Waals surface area contributed by atoms with Crippen molar-refractivity contribution in [2.45, 2.75) is 69.2 Å². The number of anilines is 2. The van der Waals surface area contributed by atoms with Gasteiger partial charge in [-0.15, -0.1) is 21.5 Å². The predicted octanol–water partition coefficient (Wildman–Crippen LogP) is 4.52. The Morgan fingerprint density at radius 1 is 1.18 bits per heavy atom. The summed E-state index contributed by atoms with van der Waals surface area (Å²) < 4.78 is 14.2. The fourth-order valence-corrected chi connectivity index (χ4v) is 7.55. The van der Waals surface area contributed by atoms with Gasteiger partial charge in [-0.05, 0) is 81.0 Å². The summed E-state index contributed by atoms with van der Waals surface area (Å²) in [5.74, 6) is 1.64. The number of hydrogen-bond donors (Lipinski definition) is 2. The van der Waals surface area contributed by atoms with Crippen LogP contribution in [-0.4, -0.2) is 43.5 Å². The van der Waals surface area contributed by atoms with Crippen LogP contribution in [0.1, 0.15) is 69.4 Å². The Kier molecular flexibility index (Phi) is 6.94. The number of hydrogen-bond acceptors (Lipinski definition) is 7. The molecule has 0 bridgehead atoms. The zero-order chi connectivity index (χ0) is 26.4. The zero-order valence-electron chi connectivity index (χ0n) is 21.8. The van der Waals surface area contributed by atoms with Crippen LogP contribution in [0.15, 0.2) is 29.4 Å². The lowest BCUT2D eigenvalue weighted by Crippen LogP contribution is -2.28. The third-order valence-corrected chi connectivity index (χ3v) is 10.3. The van der Waals surface area contributed by atoms with Crippen LogP contribution in [-0.2, 0) is 34.9 Å².